The summed E-state index contributed by atoms with van der Waals surface area (Å²) in [7, 11) is 0. The number of carbonyl (C=O) groups excluding carboxylic acids is 3. The van der Waals surface area contributed by atoms with Gasteiger partial charge < -0.3 is 20.0 Å². The Hall–Kier alpha value is -3.22. The third kappa shape index (κ3) is 5.72. The van der Waals surface area contributed by atoms with Crippen molar-refractivity contribution in [3.8, 4) is 0 Å². The van der Waals surface area contributed by atoms with Gasteiger partial charge >= 0.3 is 0 Å². The van der Waals surface area contributed by atoms with Gasteiger partial charge in [0.05, 0.1) is 6.54 Å². The van der Waals surface area contributed by atoms with Crippen LogP contribution in [0.1, 0.15) is 12.0 Å². The maximum absolute atomic E-state index is 12.3. The normalized spacial score (nSPS) is 10.1. The highest BCUT2D eigenvalue weighted by Gasteiger charge is 2.10. The van der Waals surface area contributed by atoms with Crippen LogP contribution >= 0.6 is 0 Å². The number of benzene rings is 1. The van der Waals surface area contributed by atoms with Crippen molar-refractivity contribution in [3.63, 3.8) is 0 Å². The Morgan fingerprint density at radius 1 is 1.04 bits per heavy atom. The number of aromatic nitrogens is 1. The second-order valence-corrected chi connectivity index (χ2v) is 5.36. The Bertz CT molecular complexity index is 799. The number of pyridine rings is 1. The van der Waals surface area contributed by atoms with Crippen LogP contribution in [-0.4, -0.2) is 29.2 Å². The van der Waals surface area contributed by atoms with Gasteiger partial charge in [0.15, 0.2) is 0 Å². The molecule has 0 bridgehead atoms. The van der Waals surface area contributed by atoms with E-state index in [0.29, 0.717) is 12.7 Å². The van der Waals surface area contributed by atoms with Gasteiger partial charge in [-0.2, -0.15) is 0 Å². The van der Waals surface area contributed by atoms with Crippen molar-refractivity contribution in [2.45, 2.75) is 19.4 Å². The second kappa shape index (κ2) is 9.17. The molecule has 2 aromatic rings. The number of nitrogens with one attached hydrogen (secondary N) is 2. The Morgan fingerprint density at radius 2 is 1.80 bits per heavy atom. The number of hydrogen-bond donors (Lipinski definition) is 2. The summed E-state index contributed by atoms with van der Waals surface area (Å²) < 4.78 is 1.17. The van der Waals surface area contributed by atoms with Crippen LogP contribution in [0.3, 0.4) is 0 Å². The number of amides is 2. The van der Waals surface area contributed by atoms with E-state index in [0.717, 1.165) is 5.56 Å². The van der Waals surface area contributed by atoms with Crippen LogP contribution in [0.4, 0.5) is 5.69 Å². The van der Waals surface area contributed by atoms with Crippen molar-refractivity contribution < 1.29 is 14.4 Å². The fraction of sp³-hybridized carbons (Fsp3) is 0.222. The smallest absolute Gasteiger partial charge is 0.274 e. The first-order chi connectivity index (χ1) is 12.1. The van der Waals surface area contributed by atoms with Crippen molar-refractivity contribution in [1.82, 2.24) is 9.88 Å². The van der Waals surface area contributed by atoms with Gasteiger partial charge in [-0.3, -0.25) is 14.4 Å². The van der Waals surface area contributed by atoms with E-state index in [9.17, 15) is 19.2 Å². The molecule has 1 aromatic carbocycles. The Labute approximate surface area is 144 Å². The molecule has 7 nitrogen and oxygen atoms in total. The van der Waals surface area contributed by atoms with Crippen LogP contribution in [0.25, 0.3) is 0 Å². The molecule has 0 atom stereocenters. The molecule has 0 aliphatic rings. The molecule has 2 N–H and O–H groups in total. The quantitative estimate of drug-likeness (QED) is 0.692. The average Bonchev–Trinajstić information content (AvgIpc) is 2.62. The van der Waals surface area contributed by atoms with Crippen LogP contribution in [0, 0.1) is 0 Å². The molecule has 0 aliphatic heterocycles. The summed E-state index contributed by atoms with van der Waals surface area (Å²) in [4.78, 5) is 46.2. The number of aryl methyl sites for hydroxylation is 1. The lowest BCUT2D eigenvalue weighted by molar-refractivity contribution is -0.123. The van der Waals surface area contributed by atoms with Gasteiger partial charge in [-0.05, 0) is 24.1 Å². The molecule has 0 fully saturated rings. The summed E-state index contributed by atoms with van der Waals surface area (Å²) in [6.07, 6.45) is 2.83. The summed E-state index contributed by atoms with van der Waals surface area (Å²) in [6, 6.07) is 12.6. The predicted octanol–water partition coefficient (Wildman–Crippen LogP) is 0.735. The maximum Gasteiger partial charge on any atom is 0.274 e. The first kappa shape index (κ1) is 18.1. The van der Waals surface area contributed by atoms with Crippen LogP contribution in [-0.2, 0) is 27.3 Å². The Morgan fingerprint density at radius 3 is 2.52 bits per heavy atom. The molecule has 0 aliphatic carbocycles. The van der Waals surface area contributed by atoms with E-state index in [1.54, 1.807) is 6.07 Å². The molecule has 1 heterocycles. The molecule has 130 valence electrons. The Kier molecular flexibility index (Phi) is 6.65. The highest BCUT2D eigenvalue weighted by atomic mass is 16.2. The monoisotopic (exact) mass is 341 g/mol. The molecular formula is C18H19N3O4. The van der Waals surface area contributed by atoms with E-state index < -0.39 is 11.5 Å². The zero-order valence-corrected chi connectivity index (χ0v) is 13.6. The number of rotatable bonds is 8. The van der Waals surface area contributed by atoms with Gasteiger partial charge in [0.25, 0.3) is 5.56 Å². The standard InChI is InChI=1S/C18H19N3O4/c22-12-10-19-17(24)13-21-11-4-7-15(18(21)25)20-16(23)9-8-14-5-2-1-3-6-14/h1-7,11-12H,8-10,13H2,(H,19,24)(H,20,23). The van der Waals surface area contributed by atoms with Gasteiger partial charge in [0, 0.05) is 12.6 Å². The van der Waals surface area contributed by atoms with E-state index in [-0.39, 0.29) is 31.1 Å². The van der Waals surface area contributed by atoms with Gasteiger partial charge in [0.2, 0.25) is 11.8 Å². The minimum atomic E-state index is -0.475. The first-order valence-electron chi connectivity index (χ1n) is 7.83. The summed E-state index contributed by atoms with van der Waals surface area (Å²) in [5.41, 5.74) is 0.676. The van der Waals surface area contributed by atoms with Crippen LogP contribution < -0.4 is 16.2 Å². The molecule has 25 heavy (non-hydrogen) atoms. The summed E-state index contributed by atoms with van der Waals surface area (Å²) in [5, 5.41) is 4.93. The molecule has 0 radical (unpaired) electrons. The van der Waals surface area contributed by atoms with E-state index >= 15 is 0 Å². The zero-order valence-electron chi connectivity index (χ0n) is 13.6. The van der Waals surface area contributed by atoms with Crippen molar-refractivity contribution in [2.24, 2.45) is 0 Å². The summed E-state index contributed by atoms with van der Waals surface area (Å²) >= 11 is 0. The highest BCUT2D eigenvalue weighted by Crippen LogP contribution is 2.05. The average molecular weight is 341 g/mol. The van der Waals surface area contributed by atoms with Crippen molar-refractivity contribution in [2.75, 3.05) is 11.9 Å². The minimum absolute atomic E-state index is 0.108. The zero-order chi connectivity index (χ0) is 18.1. The lowest BCUT2D eigenvalue weighted by atomic mass is 10.1. The molecule has 7 heteroatoms. The third-order valence-electron chi connectivity index (χ3n) is 3.47. The van der Waals surface area contributed by atoms with Crippen molar-refractivity contribution in [3.05, 3.63) is 64.6 Å². The number of nitrogens with zero attached hydrogens (tertiary/aromatic N) is 1. The predicted molar refractivity (Wildman–Crippen MR) is 93.2 cm³/mol. The minimum Gasteiger partial charge on any atom is -0.348 e. The van der Waals surface area contributed by atoms with E-state index in [4.69, 9.17) is 0 Å². The van der Waals surface area contributed by atoms with E-state index in [1.165, 1.54) is 16.8 Å². The van der Waals surface area contributed by atoms with E-state index in [1.807, 2.05) is 30.3 Å². The number of aldehydes is 1. The van der Waals surface area contributed by atoms with Gasteiger partial charge in [-0.1, -0.05) is 30.3 Å². The molecule has 2 rings (SSSR count). The summed E-state index contributed by atoms with van der Waals surface area (Å²) in [5.74, 6) is -0.731. The Balaban J connectivity index is 1.96. The van der Waals surface area contributed by atoms with Crippen molar-refractivity contribution in [1.29, 1.82) is 0 Å². The number of anilines is 1. The highest BCUT2D eigenvalue weighted by molar-refractivity contribution is 5.90. The molecular weight excluding hydrogens is 322 g/mol. The number of hydrogen-bond acceptors (Lipinski definition) is 4. The van der Waals surface area contributed by atoms with Crippen LogP contribution in [0.2, 0.25) is 0 Å². The summed E-state index contributed by atoms with van der Waals surface area (Å²) in [6.45, 7) is -0.329. The van der Waals surface area contributed by atoms with Crippen LogP contribution in [0.15, 0.2) is 53.5 Å². The number of carbonyl (C=O) groups is 3. The lowest BCUT2D eigenvalue weighted by Crippen LogP contribution is -2.34. The van der Waals surface area contributed by atoms with Crippen LogP contribution in [0.5, 0.6) is 0 Å². The largest absolute Gasteiger partial charge is 0.348 e. The fourth-order valence-corrected chi connectivity index (χ4v) is 2.24. The lowest BCUT2D eigenvalue weighted by Gasteiger charge is -2.09. The molecule has 1 aromatic heterocycles. The van der Waals surface area contributed by atoms with Gasteiger partial charge in [-0.15, -0.1) is 0 Å². The first-order valence-corrected chi connectivity index (χ1v) is 7.83. The maximum atomic E-state index is 12.3. The fourth-order valence-electron chi connectivity index (χ4n) is 2.24. The molecule has 0 saturated carbocycles. The molecule has 2 amide bonds. The van der Waals surface area contributed by atoms with E-state index in [2.05, 4.69) is 10.6 Å². The third-order valence-corrected chi connectivity index (χ3v) is 3.47. The molecule has 0 saturated heterocycles. The molecule has 0 spiro atoms. The van der Waals surface area contributed by atoms with Crippen molar-refractivity contribution >= 4 is 23.8 Å². The second-order valence-electron chi connectivity index (χ2n) is 5.36. The molecule has 0 unspecified atom stereocenters. The van der Waals surface area contributed by atoms with Gasteiger partial charge in [0.1, 0.15) is 18.5 Å². The van der Waals surface area contributed by atoms with Gasteiger partial charge in [-0.25, -0.2) is 0 Å². The SMILES string of the molecule is O=CCNC(=O)Cn1cccc(NC(=O)CCc2ccccc2)c1=O. The topological polar surface area (TPSA) is 97.3 Å².